The Morgan fingerprint density at radius 2 is 2.17 bits per heavy atom. The standard InChI is InChI=1S/C20H20N4O5S/c1-3-16-22-19-17(13-6-4-5-7-15(13)30-19)20(26)23(16)21-10-11-8-12(29-2)9-14(18(11)25)24(27)28/h8-10,25H,3-7H2,1-2H3/b21-10-. The van der Waals surface area contributed by atoms with Gasteiger partial charge in [0.15, 0.2) is 0 Å². The van der Waals surface area contributed by atoms with E-state index in [4.69, 9.17) is 4.74 Å². The van der Waals surface area contributed by atoms with Crippen molar-refractivity contribution < 1.29 is 14.8 Å². The first-order valence-electron chi connectivity index (χ1n) is 9.60. The Balaban J connectivity index is 1.87. The van der Waals surface area contributed by atoms with Crippen LogP contribution in [0.4, 0.5) is 5.69 Å². The topological polar surface area (TPSA) is 120 Å². The maximum absolute atomic E-state index is 13.3. The van der Waals surface area contributed by atoms with Gasteiger partial charge in [0.25, 0.3) is 5.56 Å². The summed E-state index contributed by atoms with van der Waals surface area (Å²) < 4.78 is 6.29. The maximum Gasteiger partial charge on any atom is 0.315 e. The van der Waals surface area contributed by atoms with E-state index in [1.807, 2.05) is 6.92 Å². The number of ether oxygens (including phenoxy) is 1. The first kappa shape index (κ1) is 20.0. The third-order valence-electron chi connectivity index (χ3n) is 5.19. The van der Waals surface area contributed by atoms with Crippen molar-refractivity contribution in [1.29, 1.82) is 0 Å². The van der Waals surface area contributed by atoms with Crippen LogP contribution in [0.15, 0.2) is 22.0 Å². The van der Waals surface area contributed by atoms with Crippen molar-refractivity contribution in [2.75, 3.05) is 7.11 Å². The third-order valence-corrected chi connectivity index (χ3v) is 6.37. The number of hydrogen-bond acceptors (Lipinski definition) is 8. The molecule has 1 aliphatic rings. The number of nitro groups is 1. The van der Waals surface area contributed by atoms with E-state index in [1.54, 1.807) is 11.3 Å². The van der Waals surface area contributed by atoms with Crippen LogP contribution in [0.5, 0.6) is 11.5 Å². The van der Waals surface area contributed by atoms with Crippen molar-refractivity contribution in [1.82, 2.24) is 9.66 Å². The number of fused-ring (bicyclic) bond motifs is 3. The van der Waals surface area contributed by atoms with Gasteiger partial charge >= 0.3 is 5.69 Å². The molecule has 4 rings (SSSR count). The molecular weight excluding hydrogens is 408 g/mol. The number of phenols is 1. The van der Waals surface area contributed by atoms with E-state index in [0.29, 0.717) is 17.6 Å². The fourth-order valence-corrected chi connectivity index (χ4v) is 4.95. The molecule has 3 aromatic rings. The molecule has 2 aromatic heterocycles. The van der Waals surface area contributed by atoms with Gasteiger partial charge in [0.1, 0.15) is 16.4 Å². The van der Waals surface area contributed by atoms with Crippen LogP contribution in [0.2, 0.25) is 0 Å². The smallest absolute Gasteiger partial charge is 0.315 e. The summed E-state index contributed by atoms with van der Waals surface area (Å²) in [6, 6.07) is 2.54. The summed E-state index contributed by atoms with van der Waals surface area (Å²) in [5.41, 5.74) is 0.372. The molecule has 0 aliphatic heterocycles. The van der Waals surface area contributed by atoms with Crippen molar-refractivity contribution in [2.24, 2.45) is 5.10 Å². The van der Waals surface area contributed by atoms with E-state index in [0.717, 1.165) is 42.1 Å². The molecule has 30 heavy (non-hydrogen) atoms. The van der Waals surface area contributed by atoms with Gasteiger partial charge in [-0.2, -0.15) is 9.78 Å². The van der Waals surface area contributed by atoms with E-state index in [2.05, 4.69) is 10.1 Å². The van der Waals surface area contributed by atoms with Crippen LogP contribution in [0.25, 0.3) is 10.2 Å². The van der Waals surface area contributed by atoms with Crippen molar-refractivity contribution in [2.45, 2.75) is 39.0 Å². The number of hydrogen-bond donors (Lipinski definition) is 1. The Morgan fingerprint density at radius 3 is 2.87 bits per heavy atom. The second-order valence-corrected chi connectivity index (χ2v) is 8.06. The van der Waals surface area contributed by atoms with Crippen molar-refractivity contribution >= 4 is 33.5 Å². The molecule has 0 saturated heterocycles. The number of nitro benzene ring substituents is 1. The SMILES string of the molecule is CCc1nc2sc3c(c2c(=O)n1/N=C\c1cc(OC)cc([N+](=O)[O-])c1O)CCCC3. The Hall–Kier alpha value is -3.27. The Bertz CT molecular complexity index is 1240. The van der Waals surface area contributed by atoms with Crippen molar-refractivity contribution in [3.05, 3.63) is 54.4 Å². The predicted molar refractivity (Wildman–Crippen MR) is 114 cm³/mol. The molecule has 0 atom stereocenters. The molecule has 10 heteroatoms. The summed E-state index contributed by atoms with van der Waals surface area (Å²) in [4.78, 5) is 30.4. The van der Waals surface area contributed by atoms with Crippen LogP contribution >= 0.6 is 11.3 Å². The van der Waals surface area contributed by atoms with Gasteiger partial charge in [0.05, 0.1) is 29.7 Å². The van der Waals surface area contributed by atoms with E-state index in [-0.39, 0.29) is 16.9 Å². The highest BCUT2D eigenvalue weighted by Crippen LogP contribution is 2.35. The lowest BCUT2D eigenvalue weighted by atomic mass is 9.97. The lowest BCUT2D eigenvalue weighted by Crippen LogP contribution is -2.22. The molecule has 1 aliphatic carbocycles. The highest BCUT2D eigenvalue weighted by molar-refractivity contribution is 7.18. The fraction of sp³-hybridized carbons (Fsp3) is 0.350. The molecule has 9 nitrogen and oxygen atoms in total. The normalized spacial score (nSPS) is 13.7. The zero-order valence-corrected chi connectivity index (χ0v) is 17.4. The Morgan fingerprint density at radius 1 is 1.40 bits per heavy atom. The van der Waals surface area contributed by atoms with E-state index < -0.39 is 16.4 Å². The number of thiophene rings is 1. The lowest BCUT2D eigenvalue weighted by molar-refractivity contribution is -0.385. The number of aromatic nitrogens is 2. The van der Waals surface area contributed by atoms with Crippen LogP contribution in [0.1, 0.15) is 41.6 Å². The van der Waals surface area contributed by atoms with Crippen molar-refractivity contribution in [3.8, 4) is 11.5 Å². The average molecular weight is 428 g/mol. The molecule has 0 saturated carbocycles. The van der Waals surface area contributed by atoms with Gasteiger partial charge in [-0.15, -0.1) is 11.3 Å². The molecule has 1 N–H and O–H groups in total. The van der Waals surface area contributed by atoms with Gasteiger partial charge in [0.2, 0.25) is 5.75 Å². The molecule has 1 aromatic carbocycles. The summed E-state index contributed by atoms with van der Waals surface area (Å²) >= 11 is 1.57. The largest absolute Gasteiger partial charge is 0.502 e. The first-order chi connectivity index (χ1) is 14.4. The van der Waals surface area contributed by atoms with E-state index in [1.165, 1.54) is 28.9 Å². The van der Waals surface area contributed by atoms with E-state index in [9.17, 15) is 20.0 Å². The number of aromatic hydroxyl groups is 1. The third kappa shape index (κ3) is 3.32. The first-order valence-corrected chi connectivity index (χ1v) is 10.4. The number of nitrogens with zero attached hydrogens (tertiary/aromatic N) is 4. The quantitative estimate of drug-likeness (QED) is 0.378. The van der Waals surface area contributed by atoms with Crippen LogP contribution < -0.4 is 10.3 Å². The predicted octanol–water partition coefficient (Wildman–Crippen LogP) is 3.40. The molecule has 156 valence electrons. The van der Waals surface area contributed by atoms with Crippen molar-refractivity contribution in [3.63, 3.8) is 0 Å². The zero-order valence-electron chi connectivity index (χ0n) is 16.5. The maximum atomic E-state index is 13.3. The highest BCUT2D eigenvalue weighted by atomic mass is 32.1. The minimum absolute atomic E-state index is 0.0717. The van der Waals surface area contributed by atoms with Gasteiger partial charge in [-0.25, -0.2) is 4.98 Å². The lowest BCUT2D eigenvalue weighted by Gasteiger charge is -2.10. The molecule has 0 unspecified atom stereocenters. The summed E-state index contributed by atoms with van der Waals surface area (Å²) in [5, 5.41) is 26.3. The Kier molecular flexibility index (Phi) is 5.25. The molecule has 0 bridgehead atoms. The van der Waals surface area contributed by atoms with Gasteiger partial charge in [0, 0.05) is 16.9 Å². The highest BCUT2D eigenvalue weighted by Gasteiger charge is 2.22. The number of rotatable bonds is 5. The summed E-state index contributed by atoms with van der Waals surface area (Å²) in [6.45, 7) is 1.88. The molecule has 0 amide bonds. The van der Waals surface area contributed by atoms with Crippen LogP contribution in [-0.4, -0.2) is 33.0 Å². The second kappa shape index (κ2) is 7.86. The number of phenolic OH excluding ortho intramolecular Hbond substituents is 1. The molecule has 0 fully saturated rings. The van der Waals surface area contributed by atoms with Gasteiger partial charge in [-0.3, -0.25) is 14.9 Å². The monoisotopic (exact) mass is 428 g/mol. The summed E-state index contributed by atoms with van der Waals surface area (Å²) in [7, 11) is 1.37. The summed E-state index contributed by atoms with van der Waals surface area (Å²) in [6.07, 6.45) is 5.67. The molecule has 2 heterocycles. The number of aryl methyl sites for hydroxylation is 3. The van der Waals surface area contributed by atoms with Gasteiger partial charge in [-0.1, -0.05) is 6.92 Å². The minimum Gasteiger partial charge on any atom is -0.502 e. The molecule has 0 spiro atoms. The van der Waals surface area contributed by atoms with Gasteiger partial charge < -0.3 is 9.84 Å². The summed E-state index contributed by atoms with van der Waals surface area (Å²) in [5.74, 6) is 0.140. The molecular formula is C20H20N4O5S. The second-order valence-electron chi connectivity index (χ2n) is 6.98. The minimum atomic E-state index is -0.704. The molecule has 0 radical (unpaired) electrons. The van der Waals surface area contributed by atoms with Gasteiger partial charge in [-0.05, 0) is 37.3 Å². The van der Waals surface area contributed by atoms with Crippen LogP contribution in [0.3, 0.4) is 0 Å². The van der Waals surface area contributed by atoms with Crippen LogP contribution in [0, 0.1) is 10.1 Å². The van der Waals surface area contributed by atoms with E-state index >= 15 is 0 Å². The number of methoxy groups -OCH3 is 1. The Labute approximate surface area is 175 Å². The van der Waals surface area contributed by atoms with Crippen LogP contribution in [-0.2, 0) is 19.3 Å². The number of benzene rings is 1. The zero-order chi connectivity index (χ0) is 21.4. The average Bonchev–Trinajstić information content (AvgIpc) is 3.12. The fourth-order valence-electron chi connectivity index (χ4n) is 3.68.